The number of rotatable bonds is 5. The van der Waals surface area contributed by atoms with Crippen LogP contribution in [-0.2, 0) is 9.47 Å². The fraction of sp³-hybridized carbons (Fsp3) is 1.00. The molecular formula is C12H30O2. The van der Waals surface area contributed by atoms with Crippen LogP contribution in [-0.4, -0.2) is 26.4 Å². The zero-order valence-corrected chi connectivity index (χ0v) is 11.1. The van der Waals surface area contributed by atoms with Gasteiger partial charge >= 0.3 is 0 Å². The average molecular weight is 206 g/mol. The van der Waals surface area contributed by atoms with E-state index in [4.69, 9.17) is 9.47 Å². The third kappa shape index (κ3) is 58.7. The van der Waals surface area contributed by atoms with Gasteiger partial charge < -0.3 is 9.47 Å². The van der Waals surface area contributed by atoms with Crippen LogP contribution in [0.5, 0.6) is 0 Å². The molecule has 0 spiro atoms. The minimum Gasteiger partial charge on any atom is -0.382 e. The zero-order valence-electron chi connectivity index (χ0n) is 11.1. The molecule has 0 saturated heterocycles. The fourth-order valence-electron chi connectivity index (χ4n) is 0.408. The Morgan fingerprint density at radius 2 is 0.714 bits per heavy atom. The number of unbranched alkanes of at least 4 members (excludes halogenated alkanes) is 1. The van der Waals surface area contributed by atoms with Crippen molar-refractivity contribution in [2.45, 2.75) is 54.4 Å². The Kier molecular flexibility index (Phi) is 40.7. The van der Waals surface area contributed by atoms with Gasteiger partial charge in [0.05, 0.1) is 0 Å². The summed E-state index contributed by atoms with van der Waals surface area (Å²) in [6.45, 7) is 15.7. The van der Waals surface area contributed by atoms with Crippen molar-refractivity contribution in [1.82, 2.24) is 0 Å². The molecule has 90 valence electrons. The molecule has 0 aliphatic heterocycles. The maximum atomic E-state index is 4.83. The van der Waals surface area contributed by atoms with Gasteiger partial charge in [0.1, 0.15) is 0 Å². The maximum absolute atomic E-state index is 4.83. The van der Waals surface area contributed by atoms with E-state index in [0.29, 0.717) is 0 Å². The molecule has 0 N–H and O–H groups in total. The Labute approximate surface area is 91.0 Å². The van der Waals surface area contributed by atoms with Crippen molar-refractivity contribution in [2.24, 2.45) is 0 Å². The monoisotopic (exact) mass is 206 g/mol. The molecule has 0 atom stereocenters. The fourth-order valence-corrected chi connectivity index (χ4v) is 0.408. The zero-order chi connectivity index (χ0) is 11.7. The van der Waals surface area contributed by atoms with Crippen LogP contribution < -0.4 is 0 Å². The van der Waals surface area contributed by atoms with Gasteiger partial charge in [-0.25, -0.2) is 0 Å². The van der Waals surface area contributed by atoms with Crippen molar-refractivity contribution in [3.05, 3.63) is 0 Å². The molecule has 0 rings (SSSR count). The van der Waals surface area contributed by atoms with Crippen molar-refractivity contribution in [3.8, 4) is 0 Å². The second-order valence-electron chi connectivity index (χ2n) is 2.56. The van der Waals surface area contributed by atoms with Crippen molar-refractivity contribution in [1.29, 1.82) is 0 Å². The topological polar surface area (TPSA) is 18.5 Å². The van der Waals surface area contributed by atoms with Crippen LogP contribution in [0.2, 0.25) is 0 Å². The summed E-state index contributed by atoms with van der Waals surface area (Å²) in [6, 6.07) is 0. The highest BCUT2D eigenvalue weighted by Gasteiger charge is 1.64. The van der Waals surface area contributed by atoms with Crippen LogP contribution in [0.4, 0.5) is 0 Å². The summed E-state index contributed by atoms with van der Waals surface area (Å²) in [5.74, 6) is 0. The van der Waals surface area contributed by atoms with E-state index >= 15 is 0 Å². The second-order valence-corrected chi connectivity index (χ2v) is 2.56. The van der Waals surface area contributed by atoms with Crippen LogP contribution in [0, 0.1) is 0 Å². The summed E-state index contributed by atoms with van der Waals surface area (Å²) in [4.78, 5) is 0. The average Bonchev–Trinajstić information content (AvgIpc) is 2.22. The first-order valence-electron chi connectivity index (χ1n) is 5.90. The molecule has 0 unspecified atom stereocenters. The number of hydrogen-bond donors (Lipinski definition) is 0. The third-order valence-electron chi connectivity index (χ3n) is 1.32. The lowest BCUT2D eigenvalue weighted by Gasteiger charge is -1.86. The van der Waals surface area contributed by atoms with Crippen LogP contribution in [0.15, 0.2) is 0 Å². The molecule has 0 aromatic heterocycles. The first-order valence-corrected chi connectivity index (χ1v) is 5.90. The molecule has 0 radical (unpaired) electrons. The van der Waals surface area contributed by atoms with Crippen molar-refractivity contribution >= 4 is 0 Å². The van der Waals surface area contributed by atoms with Gasteiger partial charge in [0.2, 0.25) is 0 Å². The quantitative estimate of drug-likeness (QED) is 0.679. The first kappa shape index (κ1) is 19.5. The van der Waals surface area contributed by atoms with E-state index in [1.54, 1.807) is 0 Å². The molecule has 0 amide bonds. The highest BCUT2D eigenvalue weighted by Crippen LogP contribution is 1.76. The van der Waals surface area contributed by atoms with Gasteiger partial charge in [-0.2, -0.15) is 0 Å². The minimum atomic E-state index is 0.844. The Morgan fingerprint density at radius 1 is 0.500 bits per heavy atom. The summed E-state index contributed by atoms with van der Waals surface area (Å²) in [7, 11) is 0. The third-order valence-corrected chi connectivity index (χ3v) is 1.32. The van der Waals surface area contributed by atoms with E-state index in [9.17, 15) is 0 Å². The first-order chi connectivity index (χ1) is 6.74. The van der Waals surface area contributed by atoms with Gasteiger partial charge in [0.25, 0.3) is 0 Å². The number of ether oxygens (including phenoxy) is 2. The van der Waals surface area contributed by atoms with Crippen LogP contribution in [0.25, 0.3) is 0 Å². The largest absolute Gasteiger partial charge is 0.382 e. The predicted octanol–water partition coefficient (Wildman–Crippen LogP) is 3.89. The molecule has 14 heavy (non-hydrogen) atoms. The summed E-state index contributed by atoms with van der Waals surface area (Å²) in [5, 5.41) is 0. The molecule has 0 aromatic carbocycles. The van der Waals surface area contributed by atoms with Crippen LogP contribution in [0.3, 0.4) is 0 Å². The van der Waals surface area contributed by atoms with E-state index in [1.165, 1.54) is 12.8 Å². The standard InChI is InChI=1S/2C4H10O.C4H10/c2*1-3-5-4-2;1-3-4-2/h2*3-4H2,1-2H3;3-4H2,1-2H3. The van der Waals surface area contributed by atoms with Crippen molar-refractivity contribution in [2.75, 3.05) is 26.4 Å². The summed E-state index contributed by atoms with van der Waals surface area (Å²) in [6.07, 6.45) is 2.64. The SMILES string of the molecule is CCCC.CCOCC.CCOCC. The molecule has 0 heterocycles. The van der Waals surface area contributed by atoms with E-state index < -0.39 is 0 Å². The Bertz CT molecular complexity index is 44.3. The maximum Gasteiger partial charge on any atom is 0.0437 e. The van der Waals surface area contributed by atoms with Gasteiger partial charge in [0, 0.05) is 26.4 Å². The van der Waals surface area contributed by atoms with Gasteiger partial charge in [0.15, 0.2) is 0 Å². The van der Waals surface area contributed by atoms with Crippen molar-refractivity contribution < 1.29 is 9.47 Å². The van der Waals surface area contributed by atoms with E-state index in [0.717, 1.165) is 26.4 Å². The normalized spacial score (nSPS) is 8.14. The van der Waals surface area contributed by atoms with Gasteiger partial charge in [-0.05, 0) is 27.7 Å². The Balaban J connectivity index is -0.000000131. The van der Waals surface area contributed by atoms with Gasteiger partial charge in [-0.1, -0.05) is 26.7 Å². The molecule has 0 saturated carbocycles. The second kappa shape index (κ2) is 29.3. The Morgan fingerprint density at radius 3 is 0.714 bits per heavy atom. The molecule has 0 bridgehead atoms. The van der Waals surface area contributed by atoms with E-state index in [2.05, 4.69) is 13.8 Å². The lowest BCUT2D eigenvalue weighted by atomic mass is 10.4. The lowest BCUT2D eigenvalue weighted by Crippen LogP contribution is -1.84. The highest BCUT2D eigenvalue weighted by molar-refractivity contribution is 4.12. The smallest absolute Gasteiger partial charge is 0.0437 e. The molecule has 2 nitrogen and oxygen atoms in total. The summed E-state index contributed by atoms with van der Waals surface area (Å²) < 4.78 is 9.67. The van der Waals surface area contributed by atoms with Crippen molar-refractivity contribution in [3.63, 3.8) is 0 Å². The molecule has 0 aliphatic rings. The van der Waals surface area contributed by atoms with Gasteiger partial charge in [-0.3, -0.25) is 0 Å². The Hall–Kier alpha value is -0.0800. The lowest BCUT2D eigenvalue weighted by molar-refractivity contribution is 0.162. The molecule has 0 aromatic rings. The van der Waals surface area contributed by atoms with E-state index in [1.807, 2.05) is 27.7 Å². The predicted molar refractivity (Wildman–Crippen MR) is 64.9 cm³/mol. The molecule has 0 fully saturated rings. The summed E-state index contributed by atoms with van der Waals surface area (Å²) >= 11 is 0. The van der Waals surface area contributed by atoms with Gasteiger partial charge in [-0.15, -0.1) is 0 Å². The summed E-state index contributed by atoms with van der Waals surface area (Å²) in [5.41, 5.74) is 0. The minimum absolute atomic E-state index is 0.844. The highest BCUT2D eigenvalue weighted by atomic mass is 16.5. The molecule has 0 aliphatic carbocycles. The van der Waals surface area contributed by atoms with Crippen LogP contribution in [0.1, 0.15) is 54.4 Å². The molecule has 2 heteroatoms. The number of hydrogen-bond acceptors (Lipinski definition) is 2. The molecular weight excluding hydrogens is 176 g/mol. The van der Waals surface area contributed by atoms with Crippen LogP contribution >= 0.6 is 0 Å². The van der Waals surface area contributed by atoms with E-state index in [-0.39, 0.29) is 0 Å².